The predicted molar refractivity (Wildman–Crippen MR) is 51.0 cm³/mol. The minimum Gasteiger partial charge on any atom is -0.460 e. The highest BCUT2D eigenvalue weighted by Gasteiger charge is 2.47. The van der Waals surface area contributed by atoms with Crippen LogP contribution in [-0.2, 0) is 14.3 Å². The molecule has 0 radical (unpaired) electrons. The Hall–Kier alpha value is -1.96. The summed E-state index contributed by atoms with van der Waals surface area (Å²) in [7, 11) is 0. The Morgan fingerprint density at radius 1 is 1.61 bits per heavy atom. The second-order valence-corrected chi connectivity index (χ2v) is 3.70. The molecule has 0 saturated carbocycles. The summed E-state index contributed by atoms with van der Waals surface area (Å²) in [5, 5.41) is 4.72. The summed E-state index contributed by atoms with van der Waals surface area (Å²) >= 11 is 0. The average Bonchev–Trinajstić information content (AvgIpc) is 2.52. The molecule has 100 valence electrons. The first-order valence-corrected chi connectivity index (χ1v) is 4.86. The van der Waals surface area contributed by atoms with Crippen molar-refractivity contribution >= 4 is 11.9 Å². The Balaban J connectivity index is 2.70. The fourth-order valence-corrected chi connectivity index (χ4v) is 1.49. The number of hydrogen-bond donors (Lipinski definition) is 1. The molecule has 1 rings (SSSR count). The number of hydrogen-bond acceptors (Lipinski definition) is 4. The van der Waals surface area contributed by atoms with Crippen LogP contribution >= 0.6 is 0 Å². The van der Waals surface area contributed by atoms with Gasteiger partial charge >= 0.3 is 18.1 Å². The van der Waals surface area contributed by atoms with Crippen molar-refractivity contribution < 1.29 is 27.5 Å². The van der Waals surface area contributed by atoms with E-state index >= 15 is 0 Å². The third-order valence-corrected chi connectivity index (χ3v) is 2.50. The molecule has 0 aromatic carbocycles. The molecule has 0 aliphatic carbocycles. The van der Waals surface area contributed by atoms with E-state index in [9.17, 15) is 22.8 Å². The minimum absolute atomic E-state index is 0.193. The van der Waals surface area contributed by atoms with E-state index in [-0.39, 0.29) is 6.54 Å². The van der Waals surface area contributed by atoms with Gasteiger partial charge in [-0.2, -0.15) is 13.2 Å². The Morgan fingerprint density at radius 2 is 2.22 bits per heavy atom. The van der Waals surface area contributed by atoms with Gasteiger partial charge in [0.2, 0.25) is 0 Å². The summed E-state index contributed by atoms with van der Waals surface area (Å²) in [5.74, 6) is -3.90. The van der Waals surface area contributed by atoms with Crippen molar-refractivity contribution in [1.29, 1.82) is 0 Å². The molecule has 0 aromatic heterocycles. The molecular formula is C8H9F3N4O3. The Kier molecular flexibility index (Phi) is 4.02. The van der Waals surface area contributed by atoms with E-state index < -0.39 is 36.1 Å². The summed E-state index contributed by atoms with van der Waals surface area (Å²) in [6.45, 7) is 1.23. The standard InChI is InChI=1S/C8H9F3N4O3/c1-3-4(2-13-15-12)18-6(16)5(3)14-7(17)8(9,10)11/h3-5H,2H2,1H3,(H,14,17)/t3-,4-,5+/m1/s1. The third kappa shape index (κ3) is 3.04. The number of nitrogens with zero attached hydrogens (tertiary/aromatic N) is 3. The van der Waals surface area contributed by atoms with Gasteiger partial charge in [0.25, 0.3) is 0 Å². The van der Waals surface area contributed by atoms with Crippen LogP contribution in [0.15, 0.2) is 5.11 Å². The number of carbonyl (C=O) groups excluding carboxylic acids is 2. The van der Waals surface area contributed by atoms with E-state index in [4.69, 9.17) is 10.3 Å². The molecule has 1 heterocycles. The molecular weight excluding hydrogens is 257 g/mol. The molecule has 0 spiro atoms. The first-order valence-electron chi connectivity index (χ1n) is 4.86. The van der Waals surface area contributed by atoms with Gasteiger partial charge in [-0.15, -0.1) is 0 Å². The zero-order chi connectivity index (χ0) is 13.9. The highest BCUT2D eigenvalue weighted by atomic mass is 19.4. The lowest BCUT2D eigenvalue weighted by Gasteiger charge is -2.16. The summed E-state index contributed by atoms with van der Waals surface area (Å²) in [5.41, 5.74) is 8.10. The van der Waals surface area contributed by atoms with Gasteiger partial charge in [0.05, 0.1) is 6.54 Å². The average molecular weight is 266 g/mol. The number of alkyl halides is 3. The van der Waals surface area contributed by atoms with E-state index in [0.717, 1.165) is 0 Å². The maximum absolute atomic E-state index is 12.0. The highest BCUT2D eigenvalue weighted by Crippen LogP contribution is 2.24. The second-order valence-electron chi connectivity index (χ2n) is 3.70. The van der Waals surface area contributed by atoms with Crippen molar-refractivity contribution in [2.24, 2.45) is 11.0 Å². The molecule has 0 aromatic rings. The van der Waals surface area contributed by atoms with Crippen molar-refractivity contribution in [3.63, 3.8) is 0 Å². The zero-order valence-corrected chi connectivity index (χ0v) is 9.14. The number of ether oxygens (including phenoxy) is 1. The predicted octanol–water partition coefficient (Wildman–Crippen LogP) is 0.905. The van der Waals surface area contributed by atoms with Gasteiger partial charge in [-0.05, 0) is 5.53 Å². The second kappa shape index (κ2) is 5.13. The number of halogens is 3. The molecule has 3 atom stereocenters. The Labute approximate surface area is 98.9 Å². The van der Waals surface area contributed by atoms with Crippen molar-refractivity contribution in [3.05, 3.63) is 10.4 Å². The number of carbonyl (C=O) groups is 2. The number of amides is 1. The third-order valence-electron chi connectivity index (χ3n) is 2.50. The minimum atomic E-state index is -5.07. The summed E-state index contributed by atoms with van der Waals surface area (Å²) in [6.07, 6.45) is -5.91. The summed E-state index contributed by atoms with van der Waals surface area (Å²) < 4.78 is 40.8. The van der Waals surface area contributed by atoms with E-state index in [0.29, 0.717) is 0 Å². The molecule has 1 aliphatic rings. The maximum atomic E-state index is 12.0. The van der Waals surface area contributed by atoms with Gasteiger partial charge in [0.15, 0.2) is 0 Å². The molecule has 1 fully saturated rings. The van der Waals surface area contributed by atoms with Gasteiger partial charge in [-0.1, -0.05) is 12.0 Å². The fourth-order valence-electron chi connectivity index (χ4n) is 1.49. The quantitative estimate of drug-likeness (QED) is 0.355. The number of rotatable bonds is 3. The molecule has 1 aliphatic heterocycles. The fraction of sp³-hybridized carbons (Fsp3) is 0.750. The van der Waals surface area contributed by atoms with E-state index in [1.54, 1.807) is 5.32 Å². The zero-order valence-electron chi connectivity index (χ0n) is 9.14. The SMILES string of the molecule is C[C@H]1[C@H](NC(=O)C(F)(F)F)C(=O)O[C@@H]1CN=[N+]=[N-]. The summed E-state index contributed by atoms with van der Waals surface area (Å²) in [4.78, 5) is 24.4. The number of azide groups is 1. The van der Waals surface area contributed by atoms with Crippen molar-refractivity contribution in [2.75, 3.05) is 6.54 Å². The molecule has 7 nitrogen and oxygen atoms in total. The molecule has 18 heavy (non-hydrogen) atoms. The van der Waals surface area contributed by atoms with Crippen LogP contribution in [0.25, 0.3) is 10.4 Å². The van der Waals surface area contributed by atoms with Gasteiger partial charge in [0.1, 0.15) is 12.1 Å². The van der Waals surface area contributed by atoms with Gasteiger partial charge in [0, 0.05) is 10.8 Å². The van der Waals surface area contributed by atoms with Gasteiger partial charge in [-0.3, -0.25) is 4.79 Å². The van der Waals surface area contributed by atoms with Crippen molar-refractivity contribution in [1.82, 2.24) is 5.32 Å². The maximum Gasteiger partial charge on any atom is 0.471 e. The van der Waals surface area contributed by atoms with Crippen LogP contribution in [0.1, 0.15) is 6.92 Å². The number of cyclic esters (lactones) is 1. The van der Waals surface area contributed by atoms with Crippen LogP contribution in [0.2, 0.25) is 0 Å². The molecule has 1 saturated heterocycles. The molecule has 1 N–H and O–H groups in total. The monoisotopic (exact) mass is 266 g/mol. The van der Waals surface area contributed by atoms with Gasteiger partial charge < -0.3 is 10.1 Å². The van der Waals surface area contributed by atoms with Crippen LogP contribution < -0.4 is 5.32 Å². The largest absolute Gasteiger partial charge is 0.471 e. The molecule has 0 bridgehead atoms. The lowest BCUT2D eigenvalue weighted by Crippen LogP contribution is -2.47. The topological polar surface area (TPSA) is 104 Å². The normalized spacial score (nSPS) is 27.3. The highest BCUT2D eigenvalue weighted by molar-refractivity contribution is 5.88. The summed E-state index contributed by atoms with van der Waals surface area (Å²) in [6, 6.07) is -1.39. The first-order chi connectivity index (χ1) is 8.27. The van der Waals surface area contributed by atoms with Gasteiger partial charge in [-0.25, -0.2) is 4.79 Å². The van der Waals surface area contributed by atoms with Crippen LogP contribution in [0.4, 0.5) is 13.2 Å². The van der Waals surface area contributed by atoms with Crippen LogP contribution in [-0.4, -0.2) is 36.7 Å². The van der Waals surface area contributed by atoms with E-state index in [1.807, 2.05) is 0 Å². The van der Waals surface area contributed by atoms with E-state index in [2.05, 4.69) is 10.0 Å². The van der Waals surface area contributed by atoms with E-state index in [1.165, 1.54) is 6.92 Å². The molecule has 1 amide bonds. The number of nitrogens with one attached hydrogen (secondary N) is 1. The van der Waals surface area contributed by atoms with Crippen molar-refractivity contribution in [3.8, 4) is 0 Å². The Morgan fingerprint density at radius 3 is 2.72 bits per heavy atom. The number of esters is 1. The van der Waals surface area contributed by atoms with Crippen LogP contribution in [0.3, 0.4) is 0 Å². The van der Waals surface area contributed by atoms with Crippen LogP contribution in [0, 0.1) is 5.92 Å². The molecule has 0 unspecified atom stereocenters. The lowest BCUT2D eigenvalue weighted by molar-refractivity contribution is -0.175. The Bertz CT molecular complexity index is 405. The van der Waals surface area contributed by atoms with Crippen molar-refractivity contribution in [2.45, 2.75) is 25.2 Å². The first kappa shape index (κ1) is 14.1. The van der Waals surface area contributed by atoms with Crippen LogP contribution in [0.5, 0.6) is 0 Å². The lowest BCUT2D eigenvalue weighted by atomic mass is 9.99. The molecule has 10 heteroatoms. The smallest absolute Gasteiger partial charge is 0.460 e.